The van der Waals surface area contributed by atoms with E-state index in [-0.39, 0.29) is 6.03 Å². The van der Waals surface area contributed by atoms with Crippen molar-refractivity contribution in [2.24, 2.45) is 0 Å². The van der Waals surface area contributed by atoms with Crippen LogP contribution in [0.25, 0.3) is 22.2 Å². The molecular weight excluding hydrogens is 470 g/mol. The lowest BCUT2D eigenvalue weighted by molar-refractivity contribution is 0.240. The van der Waals surface area contributed by atoms with Gasteiger partial charge in [0.25, 0.3) is 0 Å². The minimum atomic E-state index is -0.135. The van der Waals surface area contributed by atoms with Crippen LogP contribution in [-0.2, 0) is 6.54 Å². The molecule has 8 nitrogen and oxygen atoms in total. The Labute approximate surface area is 214 Å². The molecule has 186 valence electrons. The lowest BCUT2D eigenvalue weighted by Gasteiger charge is -2.30. The molecule has 0 atom stereocenters. The molecule has 4 N–H and O–H groups in total. The van der Waals surface area contributed by atoms with Gasteiger partial charge in [0.05, 0.1) is 23.4 Å². The number of hydrogen-bond acceptors (Lipinski definition) is 5. The van der Waals surface area contributed by atoms with E-state index < -0.39 is 0 Å². The van der Waals surface area contributed by atoms with Crippen LogP contribution in [0.1, 0.15) is 44.6 Å². The Morgan fingerprint density at radius 2 is 1.89 bits per heavy atom. The highest BCUT2D eigenvalue weighted by Gasteiger charge is 2.27. The number of aryl methyl sites for hydroxylation is 1. The van der Waals surface area contributed by atoms with Gasteiger partial charge in [0.15, 0.2) is 0 Å². The summed E-state index contributed by atoms with van der Waals surface area (Å²) >= 11 is 1.82. The van der Waals surface area contributed by atoms with Crippen LogP contribution < -0.4 is 16.4 Å². The Kier molecular flexibility index (Phi) is 6.31. The molecule has 6 rings (SSSR count). The quantitative estimate of drug-likeness (QED) is 0.270. The summed E-state index contributed by atoms with van der Waals surface area (Å²) in [6.45, 7) is 0.818. The van der Waals surface area contributed by atoms with Crippen LogP contribution in [0.5, 0.6) is 0 Å². The number of benzene rings is 2. The van der Waals surface area contributed by atoms with Gasteiger partial charge in [-0.25, -0.2) is 9.78 Å². The van der Waals surface area contributed by atoms with Crippen LogP contribution in [0.3, 0.4) is 0 Å². The molecule has 9 heteroatoms. The number of carbonyl (C=O) groups is 1. The topological polar surface area (TPSA) is 103 Å². The van der Waals surface area contributed by atoms with Crippen molar-refractivity contribution in [2.45, 2.75) is 62.0 Å². The molecule has 0 aliphatic heterocycles. The fraction of sp³-hybridized carbons (Fsp3) is 0.370. The summed E-state index contributed by atoms with van der Waals surface area (Å²) in [4.78, 5) is 17.5. The van der Waals surface area contributed by atoms with E-state index in [1.165, 1.54) is 36.1 Å². The zero-order valence-corrected chi connectivity index (χ0v) is 21.0. The zero-order valence-electron chi connectivity index (χ0n) is 20.2. The monoisotopic (exact) mass is 501 g/mol. The highest BCUT2D eigenvalue weighted by atomic mass is 32.2. The van der Waals surface area contributed by atoms with Gasteiger partial charge >= 0.3 is 6.03 Å². The smallest absolute Gasteiger partial charge is 0.319 e. The van der Waals surface area contributed by atoms with E-state index in [1.54, 1.807) is 12.7 Å². The molecule has 36 heavy (non-hydrogen) atoms. The molecule has 2 aliphatic rings. The van der Waals surface area contributed by atoms with Gasteiger partial charge in [-0.2, -0.15) is 5.10 Å². The van der Waals surface area contributed by atoms with E-state index in [9.17, 15) is 4.79 Å². The Morgan fingerprint density at radius 3 is 2.56 bits per heavy atom. The predicted octanol–water partition coefficient (Wildman–Crippen LogP) is 5.67. The van der Waals surface area contributed by atoms with Crippen molar-refractivity contribution in [3.8, 4) is 11.3 Å². The molecule has 0 radical (unpaired) electrons. The van der Waals surface area contributed by atoms with Crippen LogP contribution in [0, 0.1) is 0 Å². The normalized spacial score (nSPS) is 16.0. The second-order valence-electron chi connectivity index (χ2n) is 9.71. The molecule has 0 spiro atoms. The van der Waals surface area contributed by atoms with E-state index in [2.05, 4.69) is 55.6 Å². The molecule has 0 unspecified atom stereocenters. The molecule has 2 saturated carbocycles. The minimum absolute atomic E-state index is 0.135. The summed E-state index contributed by atoms with van der Waals surface area (Å²) < 4.78 is 4.30. The summed E-state index contributed by atoms with van der Waals surface area (Å²) in [6, 6.07) is 15.3. The van der Waals surface area contributed by atoms with E-state index in [1.807, 2.05) is 28.6 Å². The molecule has 2 amide bonds. The lowest BCUT2D eigenvalue weighted by atomic mass is 9.92. The van der Waals surface area contributed by atoms with Gasteiger partial charge < -0.3 is 20.9 Å². The maximum atomic E-state index is 12.2. The van der Waals surface area contributed by atoms with E-state index in [0.717, 1.165) is 53.2 Å². The Hall–Kier alpha value is -3.46. The Bertz CT molecular complexity index is 1360. The fourth-order valence-electron chi connectivity index (χ4n) is 4.95. The van der Waals surface area contributed by atoms with Crippen LogP contribution in [-0.4, -0.2) is 37.2 Å². The van der Waals surface area contributed by atoms with Gasteiger partial charge in [0, 0.05) is 39.4 Å². The van der Waals surface area contributed by atoms with E-state index >= 15 is 0 Å². The summed E-state index contributed by atoms with van der Waals surface area (Å²) in [5, 5.41) is 11.3. The van der Waals surface area contributed by atoms with E-state index in [4.69, 9.17) is 5.73 Å². The second kappa shape index (κ2) is 9.89. The first-order chi connectivity index (χ1) is 17.7. The first kappa shape index (κ1) is 23.0. The third-order valence-electron chi connectivity index (χ3n) is 7.37. The number of urea groups is 1. The first-order valence-corrected chi connectivity index (χ1v) is 13.7. The largest absolute Gasteiger partial charge is 0.396 e. The standard InChI is InChI=1S/C27H31N7OS/c28-25-23-12-11-22(36-14-13-33-17-29-16-30-33)15-24(23)34(21-5-2-6-21)26(25)18-7-9-20(10-8-18)32-27(35)31-19-3-1-4-19/h7-12,15-17,19,21H,1-6,13-14,28H2,(H2,31,32,35). The number of aromatic nitrogens is 4. The number of thioether (sulfide) groups is 1. The van der Waals surface area contributed by atoms with E-state index in [0.29, 0.717) is 12.1 Å². The number of nitrogens with zero attached hydrogens (tertiary/aromatic N) is 4. The van der Waals surface area contributed by atoms with Gasteiger partial charge in [-0.15, -0.1) is 11.8 Å². The van der Waals surface area contributed by atoms with Crippen molar-refractivity contribution in [1.82, 2.24) is 24.6 Å². The lowest BCUT2D eigenvalue weighted by Crippen LogP contribution is -2.41. The molecule has 4 aromatic rings. The number of nitrogens with one attached hydrogen (secondary N) is 2. The van der Waals surface area contributed by atoms with Gasteiger partial charge in [-0.05, 0) is 68.9 Å². The molecule has 2 heterocycles. The van der Waals surface area contributed by atoms with Gasteiger partial charge in [0.1, 0.15) is 12.7 Å². The first-order valence-electron chi connectivity index (χ1n) is 12.7. The maximum Gasteiger partial charge on any atom is 0.319 e. The molecule has 0 bridgehead atoms. The number of nitrogens with two attached hydrogens (primary N) is 1. The average Bonchev–Trinajstić information content (AvgIpc) is 3.43. The van der Waals surface area contributed by atoms with Crippen molar-refractivity contribution < 1.29 is 4.79 Å². The zero-order chi connectivity index (χ0) is 24.5. The highest BCUT2D eigenvalue weighted by Crippen LogP contribution is 2.45. The third kappa shape index (κ3) is 4.55. The Morgan fingerprint density at radius 1 is 1.08 bits per heavy atom. The van der Waals surface area contributed by atoms with Crippen molar-refractivity contribution in [1.29, 1.82) is 0 Å². The molecule has 2 aliphatic carbocycles. The number of rotatable bonds is 8. The number of carbonyl (C=O) groups excluding carboxylic acids is 1. The molecule has 2 aromatic carbocycles. The van der Waals surface area contributed by atoms with Crippen LogP contribution >= 0.6 is 11.8 Å². The number of amides is 2. The van der Waals surface area contributed by atoms with Gasteiger partial charge in [-0.3, -0.25) is 4.68 Å². The van der Waals surface area contributed by atoms with Crippen molar-refractivity contribution in [2.75, 3.05) is 16.8 Å². The van der Waals surface area contributed by atoms with Crippen molar-refractivity contribution in [3.63, 3.8) is 0 Å². The number of anilines is 2. The van der Waals surface area contributed by atoms with Crippen molar-refractivity contribution in [3.05, 3.63) is 55.1 Å². The molecule has 2 aromatic heterocycles. The second-order valence-corrected chi connectivity index (χ2v) is 10.9. The maximum absolute atomic E-state index is 12.2. The average molecular weight is 502 g/mol. The summed E-state index contributed by atoms with van der Waals surface area (Å²) in [5.74, 6) is 0.921. The third-order valence-corrected chi connectivity index (χ3v) is 8.34. The minimum Gasteiger partial charge on any atom is -0.396 e. The summed E-state index contributed by atoms with van der Waals surface area (Å²) in [6.07, 6.45) is 10.2. The SMILES string of the molecule is Nc1c(-c2ccc(NC(=O)NC3CCC3)cc2)n(C2CCC2)c2cc(SCCn3cncn3)ccc12. The molecule has 0 saturated heterocycles. The highest BCUT2D eigenvalue weighted by molar-refractivity contribution is 7.99. The molecule has 2 fully saturated rings. The number of nitrogen functional groups attached to an aromatic ring is 1. The Balaban J connectivity index is 1.26. The van der Waals surface area contributed by atoms with Gasteiger partial charge in [0.2, 0.25) is 0 Å². The van der Waals surface area contributed by atoms with Crippen LogP contribution in [0.15, 0.2) is 60.0 Å². The predicted molar refractivity (Wildman–Crippen MR) is 145 cm³/mol. The van der Waals surface area contributed by atoms with Crippen molar-refractivity contribution >= 4 is 40.1 Å². The van der Waals surface area contributed by atoms with Crippen LogP contribution in [0.2, 0.25) is 0 Å². The fourth-order valence-corrected chi connectivity index (χ4v) is 5.82. The molecular formula is C27H31N7OS. The number of hydrogen-bond donors (Lipinski definition) is 3. The van der Waals surface area contributed by atoms with Crippen LogP contribution in [0.4, 0.5) is 16.2 Å². The summed E-state index contributed by atoms with van der Waals surface area (Å²) in [7, 11) is 0. The van der Waals surface area contributed by atoms with Gasteiger partial charge in [-0.1, -0.05) is 12.1 Å². The summed E-state index contributed by atoms with van der Waals surface area (Å²) in [5.41, 5.74) is 11.7. The number of fused-ring (bicyclic) bond motifs is 1.